The van der Waals surface area contributed by atoms with Gasteiger partial charge in [0.05, 0.1) is 29.8 Å². The van der Waals surface area contributed by atoms with E-state index in [-0.39, 0.29) is 0 Å². The van der Waals surface area contributed by atoms with Gasteiger partial charge < -0.3 is 5.32 Å². The number of hydrogen-bond acceptors (Lipinski definition) is 6. The predicted octanol–water partition coefficient (Wildman–Crippen LogP) is 3.40. The molecule has 1 aromatic carbocycles. The van der Waals surface area contributed by atoms with Gasteiger partial charge in [-0.3, -0.25) is 14.9 Å². The summed E-state index contributed by atoms with van der Waals surface area (Å²) in [5.74, 6) is 0.805. The van der Waals surface area contributed by atoms with Crippen LogP contribution in [0.3, 0.4) is 0 Å². The molecular weight excluding hydrogens is 387 g/mol. The summed E-state index contributed by atoms with van der Waals surface area (Å²) < 4.78 is 38.5. The lowest BCUT2D eigenvalue weighted by Gasteiger charge is -2.08. The zero-order valence-corrected chi connectivity index (χ0v) is 14.6. The van der Waals surface area contributed by atoms with Gasteiger partial charge in [0.15, 0.2) is 11.6 Å². The molecule has 12 heteroatoms. The largest absolute Gasteiger partial charge is 0.408 e. The molecule has 146 valence electrons. The summed E-state index contributed by atoms with van der Waals surface area (Å²) in [6, 6.07) is 5.63. The highest BCUT2D eigenvalue weighted by atomic mass is 19.4. The number of aromatic nitrogens is 8. The molecule has 0 aliphatic heterocycles. The third kappa shape index (κ3) is 3.35. The zero-order chi connectivity index (χ0) is 20.0. The molecular formula is C17H12F3N9. The molecule has 0 spiro atoms. The van der Waals surface area contributed by atoms with Gasteiger partial charge in [-0.15, -0.1) is 0 Å². The quantitative estimate of drug-likeness (QED) is 0.427. The number of halogens is 3. The SMILES string of the molecule is FC(F)(F)Cn1cc(Nc2nc(-c3ccc4cn[nH]c4c3)nc3cn[nH]c23)cn1. The molecule has 0 fully saturated rings. The second-order valence-corrected chi connectivity index (χ2v) is 6.36. The van der Waals surface area contributed by atoms with Crippen LogP contribution >= 0.6 is 0 Å². The van der Waals surface area contributed by atoms with Crippen molar-refractivity contribution in [2.24, 2.45) is 0 Å². The molecule has 0 saturated heterocycles. The van der Waals surface area contributed by atoms with Crippen LogP contribution in [-0.4, -0.2) is 46.3 Å². The number of H-pyrrole nitrogens is 2. The molecule has 0 bridgehead atoms. The summed E-state index contributed by atoms with van der Waals surface area (Å²) in [7, 11) is 0. The first-order valence-electron chi connectivity index (χ1n) is 8.45. The van der Waals surface area contributed by atoms with E-state index in [1.54, 1.807) is 12.4 Å². The second-order valence-electron chi connectivity index (χ2n) is 6.36. The third-order valence-corrected chi connectivity index (χ3v) is 4.24. The number of aromatic amines is 2. The summed E-state index contributed by atoms with van der Waals surface area (Å²) in [6.45, 7) is -1.17. The fourth-order valence-corrected chi connectivity index (χ4v) is 2.97. The van der Waals surface area contributed by atoms with E-state index in [0.29, 0.717) is 28.4 Å². The molecule has 9 nitrogen and oxygen atoms in total. The van der Waals surface area contributed by atoms with Gasteiger partial charge in [0.25, 0.3) is 0 Å². The molecule has 0 aliphatic rings. The Morgan fingerprint density at radius 2 is 1.90 bits per heavy atom. The van der Waals surface area contributed by atoms with E-state index in [1.165, 1.54) is 12.4 Å². The first-order valence-corrected chi connectivity index (χ1v) is 8.45. The minimum atomic E-state index is -4.35. The van der Waals surface area contributed by atoms with Crippen molar-refractivity contribution in [3.63, 3.8) is 0 Å². The molecule has 0 radical (unpaired) electrons. The van der Waals surface area contributed by atoms with Gasteiger partial charge in [-0.25, -0.2) is 9.97 Å². The maximum absolute atomic E-state index is 12.6. The van der Waals surface area contributed by atoms with Crippen molar-refractivity contribution >= 4 is 33.4 Å². The van der Waals surface area contributed by atoms with Crippen LogP contribution < -0.4 is 5.32 Å². The average Bonchev–Trinajstić information content (AvgIpc) is 3.39. The molecule has 5 aromatic rings. The van der Waals surface area contributed by atoms with Gasteiger partial charge in [-0.05, 0) is 6.07 Å². The Morgan fingerprint density at radius 3 is 2.76 bits per heavy atom. The number of rotatable bonds is 4. The zero-order valence-electron chi connectivity index (χ0n) is 14.6. The number of alkyl halides is 3. The van der Waals surface area contributed by atoms with E-state index >= 15 is 0 Å². The Labute approximate surface area is 160 Å². The Hall–Kier alpha value is -3.96. The predicted molar refractivity (Wildman–Crippen MR) is 98.3 cm³/mol. The number of benzene rings is 1. The van der Waals surface area contributed by atoms with Gasteiger partial charge in [0, 0.05) is 17.1 Å². The van der Waals surface area contributed by atoms with E-state index in [4.69, 9.17) is 0 Å². The number of fused-ring (bicyclic) bond motifs is 2. The average molecular weight is 399 g/mol. The third-order valence-electron chi connectivity index (χ3n) is 4.24. The summed E-state index contributed by atoms with van der Waals surface area (Å²) in [5, 5.41) is 21.3. The van der Waals surface area contributed by atoms with Crippen LogP contribution in [0.2, 0.25) is 0 Å². The maximum atomic E-state index is 12.6. The number of nitrogens with zero attached hydrogens (tertiary/aromatic N) is 6. The minimum Gasteiger partial charge on any atom is -0.336 e. The summed E-state index contributed by atoms with van der Waals surface area (Å²) in [5.41, 5.74) is 3.03. The monoisotopic (exact) mass is 399 g/mol. The van der Waals surface area contributed by atoms with Crippen LogP contribution in [-0.2, 0) is 6.54 Å². The Morgan fingerprint density at radius 1 is 1.03 bits per heavy atom. The summed E-state index contributed by atoms with van der Waals surface area (Å²) >= 11 is 0. The highest BCUT2D eigenvalue weighted by Crippen LogP contribution is 2.27. The smallest absolute Gasteiger partial charge is 0.336 e. The molecule has 0 amide bonds. The van der Waals surface area contributed by atoms with E-state index in [0.717, 1.165) is 21.1 Å². The lowest BCUT2D eigenvalue weighted by molar-refractivity contribution is -0.142. The van der Waals surface area contributed by atoms with E-state index < -0.39 is 12.7 Å². The Kier molecular flexibility index (Phi) is 3.72. The lowest BCUT2D eigenvalue weighted by Crippen LogP contribution is -2.17. The van der Waals surface area contributed by atoms with Crippen molar-refractivity contribution in [3.05, 3.63) is 43.0 Å². The molecule has 5 rings (SSSR count). The normalized spacial score (nSPS) is 12.1. The Bertz CT molecular complexity index is 1310. The molecule has 4 aromatic heterocycles. The fraction of sp³-hybridized carbons (Fsp3) is 0.118. The van der Waals surface area contributed by atoms with Gasteiger partial charge in [-0.2, -0.15) is 28.5 Å². The molecule has 3 N–H and O–H groups in total. The van der Waals surface area contributed by atoms with Crippen LogP contribution in [0.15, 0.2) is 43.0 Å². The topological polar surface area (TPSA) is 113 Å². The van der Waals surface area contributed by atoms with Crippen molar-refractivity contribution in [1.29, 1.82) is 0 Å². The van der Waals surface area contributed by atoms with Crippen LogP contribution in [0.25, 0.3) is 33.3 Å². The molecule has 0 saturated carbocycles. The van der Waals surface area contributed by atoms with Crippen molar-refractivity contribution < 1.29 is 13.2 Å². The van der Waals surface area contributed by atoms with Gasteiger partial charge in [0.2, 0.25) is 0 Å². The lowest BCUT2D eigenvalue weighted by atomic mass is 10.1. The van der Waals surface area contributed by atoms with Crippen LogP contribution in [0, 0.1) is 0 Å². The van der Waals surface area contributed by atoms with E-state index in [9.17, 15) is 13.2 Å². The van der Waals surface area contributed by atoms with Crippen molar-refractivity contribution in [1.82, 2.24) is 40.1 Å². The van der Waals surface area contributed by atoms with Crippen LogP contribution in [0.5, 0.6) is 0 Å². The number of nitrogens with one attached hydrogen (secondary N) is 3. The van der Waals surface area contributed by atoms with E-state index in [2.05, 4.69) is 40.8 Å². The fourth-order valence-electron chi connectivity index (χ4n) is 2.97. The highest BCUT2D eigenvalue weighted by Gasteiger charge is 2.28. The summed E-state index contributed by atoms with van der Waals surface area (Å²) in [6.07, 6.45) is 1.46. The van der Waals surface area contributed by atoms with Crippen LogP contribution in [0.4, 0.5) is 24.7 Å². The Balaban J connectivity index is 1.52. The van der Waals surface area contributed by atoms with E-state index in [1.807, 2.05) is 18.2 Å². The van der Waals surface area contributed by atoms with Crippen molar-refractivity contribution in [2.45, 2.75) is 12.7 Å². The van der Waals surface area contributed by atoms with Gasteiger partial charge in [-0.1, -0.05) is 12.1 Å². The van der Waals surface area contributed by atoms with Gasteiger partial charge >= 0.3 is 6.18 Å². The molecule has 0 unspecified atom stereocenters. The second kappa shape index (κ2) is 6.29. The molecule has 4 heterocycles. The van der Waals surface area contributed by atoms with Crippen LogP contribution in [0.1, 0.15) is 0 Å². The molecule has 0 aliphatic carbocycles. The van der Waals surface area contributed by atoms with Crippen molar-refractivity contribution in [2.75, 3.05) is 5.32 Å². The maximum Gasteiger partial charge on any atom is 0.408 e. The van der Waals surface area contributed by atoms with Gasteiger partial charge in [0.1, 0.15) is 17.6 Å². The molecule has 29 heavy (non-hydrogen) atoms. The molecule has 0 atom stereocenters. The first-order chi connectivity index (χ1) is 13.9. The number of hydrogen-bond donors (Lipinski definition) is 3. The summed E-state index contributed by atoms with van der Waals surface area (Å²) in [4.78, 5) is 9.03. The highest BCUT2D eigenvalue weighted by molar-refractivity contribution is 5.89. The standard InChI is InChI=1S/C17H12F3N9/c18-17(19,20)8-29-7-11(5-23-29)24-16-14-13(6-22-28-14)25-15(26-16)9-1-2-10-4-21-27-12(10)3-9/h1-7H,8H2,(H,21,27)(H,22,28)(H,24,25,26). The first kappa shape index (κ1) is 17.2. The van der Waals surface area contributed by atoms with Crippen molar-refractivity contribution in [3.8, 4) is 11.4 Å². The minimum absolute atomic E-state index is 0.360. The number of anilines is 2.